The molecule has 0 aromatic heterocycles. The zero-order chi connectivity index (χ0) is 38.1. The van der Waals surface area contributed by atoms with E-state index in [1.165, 1.54) is 18.1 Å². The fourth-order valence-corrected chi connectivity index (χ4v) is 9.31. The quantitative estimate of drug-likeness (QED) is 0.243. The summed E-state index contributed by atoms with van der Waals surface area (Å²) in [5.74, 6) is -1.15. The van der Waals surface area contributed by atoms with Gasteiger partial charge in [-0.05, 0) is 70.7 Å². The smallest absolute Gasteiger partial charge is 0.410 e. The zero-order valence-electron chi connectivity index (χ0n) is 30.7. The zero-order valence-corrected chi connectivity index (χ0v) is 32.2. The molecule has 5 fully saturated rings. The Bertz CT molecular complexity index is 1990. The normalized spacial score (nSPS) is 23.2. The molecule has 3 unspecified atom stereocenters. The number of ether oxygens (including phenoxy) is 4. The van der Waals surface area contributed by atoms with E-state index in [1.807, 2.05) is 31.7 Å². The number of hydrogen-bond acceptors (Lipinski definition) is 9. The van der Waals surface area contributed by atoms with Crippen LogP contribution in [0, 0.1) is 5.82 Å². The first kappa shape index (κ1) is 36.7. The first-order chi connectivity index (χ1) is 25.8. The summed E-state index contributed by atoms with van der Waals surface area (Å²) in [6, 6.07) is 12.1. The molecule has 4 bridgehead atoms. The van der Waals surface area contributed by atoms with Crippen molar-refractivity contribution in [3.8, 4) is 16.9 Å². The van der Waals surface area contributed by atoms with Crippen LogP contribution in [-0.2, 0) is 20.8 Å². The highest BCUT2D eigenvalue weighted by Crippen LogP contribution is 2.44. The molecule has 6 heterocycles. The van der Waals surface area contributed by atoms with Crippen molar-refractivity contribution in [3.63, 3.8) is 0 Å². The van der Waals surface area contributed by atoms with Gasteiger partial charge in [-0.15, -0.1) is 0 Å². The standard InChI is InChI=1S/C40H43Cl2FN4O7/c1-40(2,3)54-39(50)46-18-23-8-9-24(46)17-45(23)27-12-31(41)35(32(42)13-27)37(48)44-16-22-6-5-7-28(36(22)53-21-44)29-15-34(30(14-33(29)43)38(49)51-4)47-25-10-11-26(47)20-52-19-25/h5-7,12-15,23-26H,8-11,16-21H2,1-4H3/t23?,24-,25?,26?/m1/s1. The predicted molar refractivity (Wildman–Crippen MR) is 202 cm³/mol. The van der Waals surface area contributed by atoms with Gasteiger partial charge in [0.15, 0.2) is 6.73 Å². The van der Waals surface area contributed by atoms with Gasteiger partial charge in [0.2, 0.25) is 0 Å². The fraction of sp³-hybridized carbons (Fsp3) is 0.475. The Kier molecular flexibility index (Phi) is 9.59. The molecule has 0 N–H and O–H groups in total. The van der Waals surface area contributed by atoms with E-state index in [2.05, 4.69) is 9.80 Å². The van der Waals surface area contributed by atoms with Crippen LogP contribution in [0.15, 0.2) is 42.5 Å². The van der Waals surface area contributed by atoms with E-state index in [-0.39, 0.29) is 70.3 Å². The van der Waals surface area contributed by atoms with E-state index in [4.69, 9.17) is 42.1 Å². The maximum Gasteiger partial charge on any atom is 0.410 e. The van der Waals surface area contributed by atoms with E-state index in [9.17, 15) is 14.4 Å². The third-order valence-electron chi connectivity index (χ3n) is 11.1. The van der Waals surface area contributed by atoms with Crippen molar-refractivity contribution >= 4 is 52.5 Å². The van der Waals surface area contributed by atoms with Crippen LogP contribution >= 0.6 is 23.2 Å². The number of carbonyl (C=O) groups is 3. The number of piperidine rings is 2. The molecule has 5 saturated heterocycles. The van der Waals surface area contributed by atoms with Gasteiger partial charge in [0.1, 0.15) is 17.2 Å². The number of carbonyl (C=O) groups excluding carboxylic acids is 3. The van der Waals surface area contributed by atoms with Crippen molar-refractivity contribution in [1.29, 1.82) is 0 Å². The van der Waals surface area contributed by atoms with Crippen molar-refractivity contribution in [1.82, 2.24) is 9.80 Å². The van der Waals surface area contributed by atoms with Gasteiger partial charge in [-0.1, -0.05) is 41.4 Å². The summed E-state index contributed by atoms with van der Waals surface area (Å²) in [5.41, 5.74) is 2.61. The number of halogens is 3. The van der Waals surface area contributed by atoms with Crippen LogP contribution in [-0.4, -0.2) is 97.7 Å². The lowest BCUT2D eigenvalue weighted by atomic mass is 9.90. The van der Waals surface area contributed by atoms with Gasteiger partial charge >= 0.3 is 12.1 Å². The van der Waals surface area contributed by atoms with Crippen LogP contribution in [0.3, 0.4) is 0 Å². The number of anilines is 2. The molecule has 3 aromatic carbocycles. The molecule has 14 heteroatoms. The molecule has 286 valence electrons. The molecule has 11 nitrogen and oxygen atoms in total. The Morgan fingerprint density at radius 3 is 2.22 bits per heavy atom. The lowest BCUT2D eigenvalue weighted by molar-refractivity contribution is 0.000848. The van der Waals surface area contributed by atoms with E-state index < -0.39 is 23.3 Å². The number of methoxy groups -OCH3 is 1. The summed E-state index contributed by atoms with van der Waals surface area (Å²) >= 11 is 13.6. The first-order valence-corrected chi connectivity index (χ1v) is 19.1. The van der Waals surface area contributed by atoms with Crippen molar-refractivity contribution in [2.75, 3.05) is 49.9 Å². The lowest BCUT2D eigenvalue weighted by Crippen LogP contribution is -2.64. The third-order valence-corrected chi connectivity index (χ3v) is 11.7. The minimum atomic E-state index is -0.611. The van der Waals surface area contributed by atoms with Crippen LogP contribution in [0.4, 0.5) is 20.6 Å². The van der Waals surface area contributed by atoms with Crippen LogP contribution in [0.2, 0.25) is 10.0 Å². The van der Waals surface area contributed by atoms with Crippen molar-refractivity contribution in [2.45, 2.75) is 82.8 Å². The topological polar surface area (TPSA) is 101 Å². The minimum absolute atomic E-state index is 0.0144. The number of para-hydroxylation sites is 1. The summed E-state index contributed by atoms with van der Waals surface area (Å²) in [7, 11) is 1.29. The Balaban J connectivity index is 1.03. The molecule has 54 heavy (non-hydrogen) atoms. The maximum absolute atomic E-state index is 16.0. The molecule has 0 radical (unpaired) electrons. The van der Waals surface area contributed by atoms with Crippen LogP contribution in [0.1, 0.15) is 72.7 Å². The SMILES string of the molecule is COC(=O)c1cc(F)c(-c2cccc3c2OCN(C(=O)c2c(Cl)cc(N4C[C@H]5CCC4CN5C(=O)OC(C)(C)C)cc2Cl)C3)cc1N1C2CCC1COC2. The Morgan fingerprint density at radius 1 is 0.889 bits per heavy atom. The summed E-state index contributed by atoms with van der Waals surface area (Å²) < 4.78 is 38.7. The number of morpholine rings is 1. The van der Waals surface area contributed by atoms with Gasteiger partial charge in [0.05, 0.1) is 71.9 Å². The Morgan fingerprint density at radius 2 is 1.57 bits per heavy atom. The highest BCUT2D eigenvalue weighted by atomic mass is 35.5. The maximum atomic E-state index is 16.0. The van der Waals surface area contributed by atoms with Gasteiger partial charge < -0.3 is 38.5 Å². The molecule has 2 amide bonds. The van der Waals surface area contributed by atoms with Gasteiger partial charge in [0, 0.05) is 41.5 Å². The summed E-state index contributed by atoms with van der Waals surface area (Å²) in [4.78, 5) is 47.5. The summed E-state index contributed by atoms with van der Waals surface area (Å²) in [5, 5.41) is 0.426. The molecular formula is C40H43Cl2FN4O7. The molecule has 0 saturated carbocycles. The monoisotopic (exact) mass is 780 g/mol. The average Bonchev–Trinajstić information content (AvgIpc) is 3.39. The molecule has 6 aliphatic heterocycles. The molecule has 9 rings (SSSR count). The molecule has 4 atom stereocenters. The van der Waals surface area contributed by atoms with Crippen LogP contribution in [0.25, 0.3) is 11.1 Å². The summed E-state index contributed by atoms with van der Waals surface area (Å²) in [6.07, 6.45) is 3.30. The number of piperazine rings is 1. The van der Waals surface area contributed by atoms with Crippen LogP contribution < -0.4 is 14.5 Å². The highest BCUT2D eigenvalue weighted by Gasteiger charge is 2.43. The second-order valence-electron chi connectivity index (χ2n) is 15.7. The number of nitrogens with zero attached hydrogens (tertiary/aromatic N) is 4. The summed E-state index contributed by atoms with van der Waals surface area (Å²) in [6.45, 7) is 7.83. The number of benzene rings is 3. The number of esters is 1. The number of amides is 2. The molecule has 0 spiro atoms. The second-order valence-corrected chi connectivity index (χ2v) is 16.5. The van der Waals surface area contributed by atoms with Crippen molar-refractivity contribution < 1.29 is 37.7 Å². The molecule has 6 aliphatic rings. The van der Waals surface area contributed by atoms with E-state index >= 15 is 4.39 Å². The van der Waals surface area contributed by atoms with Gasteiger partial charge in [0.25, 0.3) is 5.91 Å². The van der Waals surface area contributed by atoms with E-state index in [0.717, 1.165) is 31.4 Å². The lowest BCUT2D eigenvalue weighted by Gasteiger charge is -2.52. The van der Waals surface area contributed by atoms with Crippen molar-refractivity contribution in [2.24, 2.45) is 0 Å². The van der Waals surface area contributed by atoms with E-state index in [0.29, 0.717) is 48.9 Å². The van der Waals surface area contributed by atoms with Gasteiger partial charge in [-0.2, -0.15) is 0 Å². The number of fused-ring (bicyclic) bond motifs is 6. The minimum Gasteiger partial charge on any atom is -0.472 e. The Hall–Kier alpha value is -4.26. The highest BCUT2D eigenvalue weighted by molar-refractivity contribution is 6.40. The van der Waals surface area contributed by atoms with Gasteiger partial charge in [-0.25, -0.2) is 14.0 Å². The molecular weight excluding hydrogens is 738 g/mol. The Labute approximate surface area is 323 Å². The van der Waals surface area contributed by atoms with E-state index in [1.54, 1.807) is 30.3 Å². The first-order valence-electron chi connectivity index (χ1n) is 18.4. The molecule has 0 aliphatic carbocycles. The molecule has 3 aromatic rings. The third kappa shape index (κ3) is 6.60. The predicted octanol–water partition coefficient (Wildman–Crippen LogP) is 7.53. The number of hydrogen-bond donors (Lipinski definition) is 0. The van der Waals surface area contributed by atoms with Crippen LogP contribution in [0.5, 0.6) is 5.75 Å². The number of rotatable bonds is 5. The van der Waals surface area contributed by atoms with Crippen molar-refractivity contribution in [3.05, 3.63) is 75.0 Å². The fourth-order valence-electron chi connectivity index (χ4n) is 8.67. The largest absolute Gasteiger partial charge is 0.472 e. The average molecular weight is 782 g/mol. The van der Waals surface area contributed by atoms with Gasteiger partial charge in [-0.3, -0.25) is 4.79 Å². The second kappa shape index (κ2) is 14.1.